The Bertz CT molecular complexity index is 568. The minimum Gasteiger partial charge on any atom is -0.319 e. The molecular weight excluding hydrogens is 288 g/mol. The zero-order valence-corrected chi connectivity index (χ0v) is 13.1. The molecule has 21 heavy (non-hydrogen) atoms. The quantitative estimate of drug-likeness (QED) is 0.860. The number of carbonyl (C=O) groups is 1. The third-order valence-corrected chi connectivity index (χ3v) is 2.95. The van der Waals surface area contributed by atoms with Crippen molar-refractivity contribution >= 4 is 24.1 Å². The molecule has 0 unspecified atom stereocenters. The van der Waals surface area contributed by atoms with E-state index in [1.807, 2.05) is 55.1 Å². The van der Waals surface area contributed by atoms with Crippen molar-refractivity contribution in [1.82, 2.24) is 15.1 Å². The molecule has 6 heteroatoms. The van der Waals surface area contributed by atoms with Gasteiger partial charge in [0.05, 0.1) is 12.2 Å². The van der Waals surface area contributed by atoms with Gasteiger partial charge >= 0.3 is 0 Å². The summed E-state index contributed by atoms with van der Waals surface area (Å²) in [4.78, 5) is 11.8. The van der Waals surface area contributed by atoms with Gasteiger partial charge in [-0.15, -0.1) is 12.4 Å². The standard InChI is InChI=1S/C15H20N4O.ClH/c1-12-10-14(17-15(20)8-9-16-2)19(18-12)11-13-6-4-3-5-7-13;/h3-7,10,16H,8-9,11H2,1-2H3,(H,17,20);1H. The van der Waals surface area contributed by atoms with Crippen LogP contribution in [0.1, 0.15) is 17.7 Å². The SMILES string of the molecule is CNCCC(=O)Nc1cc(C)nn1Cc1ccccc1.Cl. The summed E-state index contributed by atoms with van der Waals surface area (Å²) in [6.45, 7) is 3.23. The lowest BCUT2D eigenvalue weighted by Gasteiger charge is -2.09. The van der Waals surface area contributed by atoms with Crippen LogP contribution in [0.5, 0.6) is 0 Å². The van der Waals surface area contributed by atoms with Gasteiger partial charge in [-0.25, -0.2) is 4.68 Å². The number of rotatable bonds is 6. The molecule has 0 aliphatic rings. The minimum absolute atomic E-state index is 0. The van der Waals surface area contributed by atoms with Crippen LogP contribution in [0.15, 0.2) is 36.4 Å². The predicted molar refractivity (Wildman–Crippen MR) is 86.9 cm³/mol. The fourth-order valence-corrected chi connectivity index (χ4v) is 1.97. The number of hydrogen-bond donors (Lipinski definition) is 2. The highest BCUT2D eigenvalue weighted by atomic mass is 35.5. The largest absolute Gasteiger partial charge is 0.319 e. The first kappa shape index (κ1) is 17.2. The average Bonchev–Trinajstić information content (AvgIpc) is 2.77. The summed E-state index contributed by atoms with van der Waals surface area (Å²) in [5.74, 6) is 0.737. The van der Waals surface area contributed by atoms with Crippen LogP contribution < -0.4 is 10.6 Å². The fraction of sp³-hybridized carbons (Fsp3) is 0.333. The molecule has 0 spiro atoms. The van der Waals surface area contributed by atoms with Crippen LogP contribution in [-0.4, -0.2) is 29.3 Å². The molecule has 2 aromatic rings. The van der Waals surface area contributed by atoms with Crippen LogP contribution >= 0.6 is 12.4 Å². The van der Waals surface area contributed by atoms with Crippen molar-refractivity contribution in [2.75, 3.05) is 18.9 Å². The van der Waals surface area contributed by atoms with Crippen molar-refractivity contribution in [3.63, 3.8) is 0 Å². The van der Waals surface area contributed by atoms with Gasteiger partial charge in [0.25, 0.3) is 0 Å². The molecule has 0 fully saturated rings. The third kappa shape index (κ3) is 5.21. The van der Waals surface area contributed by atoms with Gasteiger partial charge in [0.15, 0.2) is 0 Å². The lowest BCUT2D eigenvalue weighted by Crippen LogP contribution is -2.20. The van der Waals surface area contributed by atoms with E-state index in [0.717, 1.165) is 17.1 Å². The molecule has 0 aliphatic heterocycles. The summed E-state index contributed by atoms with van der Waals surface area (Å²) in [7, 11) is 1.83. The van der Waals surface area contributed by atoms with Gasteiger partial charge < -0.3 is 10.6 Å². The maximum Gasteiger partial charge on any atom is 0.226 e. The topological polar surface area (TPSA) is 59.0 Å². The van der Waals surface area contributed by atoms with Crippen LogP contribution in [0.2, 0.25) is 0 Å². The second-order valence-electron chi connectivity index (χ2n) is 4.72. The Kier molecular flexibility index (Phi) is 6.91. The van der Waals surface area contributed by atoms with Crippen LogP contribution in [0.4, 0.5) is 5.82 Å². The van der Waals surface area contributed by atoms with Gasteiger partial charge in [0.1, 0.15) is 5.82 Å². The summed E-state index contributed by atoms with van der Waals surface area (Å²) in [6, 6.07) is 12.0. The van der Waals surface area contributed by atoms with Crippen LogP contribution in [0.3, 0.4) is 0 Å². The first-order chi connectivity index (χ1) is 9.69. The van der Waals surface area contributed by atoms with E-state index in [-0.39, 0.29) is 18.3 Å². The normalized spacial score (nSPS) is 10.0. The number of hydrogen-bond acceptors (Lipinski definition) is 3. The molecular formula is C15H21ClN4O. The number of amides is 1. The van der Waals surface area contributed by atoms with Gasteiger partial charge in [-0.1, -0.05) is 30.3 Å². The Morgan fingerprint density at radius 3 is 2.67 bits per heavy atom. The van der Waals surface area contributed by atoms with Gasteiger partial charge in [0, 0.05) is 19.0 Å². The van der Waals surface area contributed by atoms with Gasteiger partial charge in [-0.2, -0.15) is 5.10 Å². The number of aromatic nitrogens is 2. The summed E-state index contributed by atoms with van der Waals surface area (Å²) in [6.07, 6.45) is 0.450. The van der Waals surface area contributed by atoms with E-state index in [2.05, 4.69) is 15.7 Å². The molecule has 1 amide bonds. The summed E-state index contributed by atoms with van der Waals surface area (Å²) >= 11 is 0. The highest BCUT2D eigenvalue weighted by Gasteiger charge is 2.09. The van der Waals surface area contributed by atoms with E-state index in [4.69, 9.17) is 0 Å². The lowest BCUT2D eigenvalue weighted by atomic mass is 10.2. The number of halogens is 1. The second-order valence-corrected chi connectivity index (χ2v) is 4.72. The Morgan fingerprint density at radius 2 is 2.00 bits per heavy atom. The third-order valence-electron chi connectivity index (χ3n) is 2.95. The minimum atomic E-state index is -0.00596. The first-order valence-electron chi connectivity index (χ1n) is 6.72. The number of carbonyl (C=O) groups excluding carboxylic acids is 1. The predicted octanol–water partition coefficient (Wildman–Crippen LogP) is 2.21. The number of aryl methyl sites for hydroxylation is 1. The second kappa shape index (κ2) is 8.44. The van der Waals surface area contributed by atoms with Gasteiger partial charge in [0.2, 0.25) is 5.91 Å². The zero-order chi connectivity index (χ0) is 14.4. The highest BCUT2D eigenvalue weighted by molar-refractivity contribution is 5.90. The highest BCUT2D eigenvalue weighted by Crippen LogP contribution is 2.13. The Morgan fingerprint density at radius 1 is 1.29 bits per heavy atom. The lowest BCUT2D eigenvalue weighted by molar-refractivity contribution is -0.116. The molecule has 0 bridgehead atoms. The number of anilines is 1. The van der Waals surface area contributed by atoms with E-state index in [1.54, 1.807) is 0 Å². The molecule has 2 N–H and O–H groups in total. The smallest absolute Gasteiger partial charge is 0.226 e. The molecule has 1 aromatic carbocycles. The van der Waals surface area contributed by atoms with Crippen molar-refractivity contribution in [2.45, 2.75) is 19.9 Å². The fourth-order valence-electron chi connectivity index (χ4n) is 1.97. The van der Waals surface area contributed by atoms with E-state index < -0.39 is 0 Å². The number of nitrogens with zero attached hydrogens (tertiary/aromatic N) is 2. The Labute approximate surface area is 131 Å². The monoisotopic (exact) mass is 308 g/mol. The molecule has 0 radical (unpaired) electrons. The molecule has 0 atom stereocenters. The molecule has 5 nitrogen and oxygen atoms in total. The van der Waals surface area contributed by atoms with Crippen LogP contribution in [-0.2, 0) is 11.3 Å². The van der Waals surface area contributed by atoms with Crippen LogP contribution in [0, 0.1) is 6.92 Å². The average molecular weight is 309 g/mol. The van der Waals surface area contributed by atoms with Crippen molar-refractivity contribution in [2.24, 2.45) is 0 Å². The maximum absolute atomic E-state index is 11.8. The Balaban J connectivity index is 0.00000220. The van der Waals surface area contributed by atoms with Crippen LogP contribution in [0.25, 0.3) is 0 Å². The van der Waals surface area contributed by atoms with E-state index in [0.29, 0.717) is 19.5 Å². The van der Waals surface area contributed by atoms with Crippen molar-refractivity contribution < 1.29 is 4.79 Å². The summed E-state index contributed by atoms with van der Waals surface area (Å²) < 4.78 is 1.82. The molecule has 2 rings (SSSR count). The van der Waals surface area contributed by atoms with Gasteiger partial charge in [-0.05, 0) is 19.5 Å². The number of nitrogens with one attached hydrogen (secondary N) is 2. The summed E-state index contributed by atoms with van der Waals surface area (Å²) in [5.41, 5.74) is 2.05. The van der Waals surface area contributed by atoms with Crippen molar-refractivity contribution in [3.05, 3.63) is 47.7 Å². The maximum atomic E-state index is 11.8. The molecule has 114 valence electrons. The van der Waals surface area contributed by atoms with E-state index in [1.165, 1.54) is 0 Å². The molecule has 0 saturated carbocycles. The van der Waals surface area contributed by atoms with E-state index >= 15 is 0 Å². The van der Waals surface area contributed by atoms with Gasteiger partial charge in [-0.3, -0.25) is 4.79 Å². The molecule has 1 aromatic heterocycles. The first-order valence-corrected chi connectivity index (χ1v) is 6.72. The Hall–Kier alpha value is -1.85. The number of benzene rings is 1. The molecule has 0 saturated heterocycles. The molecule has 1 heterocycles. The van der Waals surface area contributed by atoms with E-state index in [9.17, 15) is 4.79 Å². The zero-order valence-electron chi connectivity index (χ0n) is 12.3. The van der Waals surface area contributed by atoms with Crippen molar-refractivity contribution in [1.29, 1.82) is 0 Å². The van der Waals surface area contributed by atoms with Crippen molar-refractivity contribution in [3.8, 4) is 0 Å². The summed E-state index contributed by atoms with van der Waals surface area (Å²) in [5, 5.41) is 10.3. The molecule has 0 aliphatic carbocycles.